The van der Waals surface area contributed by atoms with Gasteiger partial charge in [-0.25, -0.2) is 4.79 Å². The fourth-order valence-corrected chi connectivity index (χ4v) is 2.58. The van der Waals surface area contributed by atoms with Gasteiger partial charge in [-0.3, -0.25) is 0 Å². The molecule has 3 N–H and O–H groups in total. The van der Waals surface area contributed by atoms with Gasteiger partial charge in [0.05, 0.1) is 5.69 Å². The lowest BCUT2D eigenvalue weighted by molar-refractivity contribution is 0.470. The summed E-state index contributed by atoms with van der Waals surface area (Å²) < 4.78 is 5.35. The summed E-state index contributed by atoms with van der Waals surface area (Å²) in [5.41, 5.74) is 8.78. The molecule has 1 aromatic heterocycles. The van der Waals surface area contributed by atoms with Gasteiger partial charge in [0.2, 0.25) is 0 Å². The maximum absolute atomic E-state index is 12.1. The van der Waals surface area contributed by atoms with Crippen LogP contribution in [0.2, 0.25) is 0 Å². The fourth-order valence-electron chi connectivity index (χ4n) is 2.58. The van der Waals surface area contributed by atoms with Crippen molar-refractivity contribution in [3.63, 3.8) is 0 Å². The van der Waals surface area contributed by atoms with E-state index in [4.69, 9.17) is 10.2 Å². The lowest BCUT2D eigenvalue weighted by atomic mass is 9.96. The molecule has 0 spiro atoms. The van der Waals surface area contributed by atoms with E-state index in [1.165, 1.54) is 0 Å². The Morgan fingerprint density at radius 3 is 2.43 bits per heavy atom. The van der Waals surface area contributed by atoms with Crippen LogP contribution in [-0.2, 0) is 0 Å². The summed E-state index contributed by atoms with van der Waals surface area (Å²) in [5.74, 6) is -0.0477. The molecule has 3 rings (SSSR count). The maximum atomic E-state index is 12.1. The van der Waals surface area contributed by atoms with Gasteiger partial charge in [0, 0.05) is 22.1 Å². The lowest BCUT2D eigenvalue weighted by Gasteiger charge is -2.12. The molecule has 0 saturated carbocycles. The SMILES string of the molecule is Cc1c(-c2ccccc2)c2cc(N)c(O)c(C)c2oc1=O. The van der Waals surface area contributed by atoms with Crippen LogP contribution < -0.4 is 11.4 Å². The van der Waals surface area contributed by atoms with Gasteiger partial charge in [0.15, 0.2) is 0 Å². The molecule has 4 nitrogen and oxygen atoms in total. The molecule has 0 amide bonds. The number of hydrogen-bond donors (Lipinski definition) is 2. The number of nitrogen functional groups attached to an aromatic ring is 1. The molecule has 0 aliphatic rings. The normalized spacial score (nSPS) is 11.0. The number of phenolic OH excluding ortho intramolecular Hbond substituents is 1. The van der Waals surface area contributed by atoms with E-state index in [1.807, 2.05) is 30.3 Å². The van der Waals surface area contributed by atoms with E-state index in [-0.39, 0.29) is 11.4 Å². The van der Waals surface area contributed by atoms with Gasteiger partial charge < -0.3 is 15.3 Å². The molecule has 2 aromatic carbocycles. The van der Waals surface area contributed by atoms with E-state index in [9.17, 15) is 9.90 Å². The Balaban J connectivity index is 2.54. The van der Waals surface area contributed by atoms with Crippen molar-refractivity contribution in [1.82, 2.24) is 0 Å². The lowest BCUT2D eigenvalue weighted by Crippen LogP contribution is -2.07. The Kier molecular flexibility index (Phi) is 2.94. The molecular weight excluding hydrogens is 266 g/mol. The Bertz CT molecular complexity index is 896. The second-order valence-corrected chi connectivity index (χ2v) is 5.07. The zero-order valence-electron chi connectivity index (χ0n) is 11.8. The first-order chi connectivity index (χ1) is 10.0. The molecule has 0 radical (unpaired) electrons. The molecule has 0 unspecified atom stereocenters. The number of nitrogens with two attached hydrogens (primary N) is 1. The van der Waals surface area contributed by atoms with Gasteiger partial charge in [-0.2, -0.15) is 0 Å². The number of aryl methyl sites for hydroxylation is 1. The average Bonchev–Trinajstić information content (AvgIpc) is 2.49. The van der Waals surface area contributed by atoms with Gasteiger partial charge in [-0.1, -0.05) is 30.3 Å². The van der Waals surface area contributed by atoms with E-state index in [0.717, 1.165) is 16.5 Å². The van der Waals surface area contributed by atoms with Crippen molar-refractivity contribution in [2.24, 2.45) is 0 Å². The number of benzene rings is 2. The molecule has 0 bridgehead atoms. The molecule has 0 aliphatic carbocycles. The third-order valence-corrected chi connectivity index (χ3v) is 3.72. The molecule has 0 atom stereocenters. The van der Waals surface area contributed by atoms with Gasteiger partial charge in [-0.15, -0.1) is 0 Å². The van der Waals surface area contributed by atoms with Crippen LogP contribution in [-0.4, -0.2) is 5.11 Å². The smallest absolute Gasteiger partial charge is 0.339 e. The van der Waals surface area contributed by atoms with Crippen molar-refractivity contribution in [3.8, 4) is 16.9 Å². The largest absolute Gasteiger partial charge is 0.505 e. The minimum Gasteiger partial charge on any atom is -0.505 e. The van der Waals surface area contributed by atoms with Crippen molar-refractivity contribution in [3.05, 3.63) is 57.9 Å². The Hall–Kier alpha value is -2.75. The number of aromatic hydroxyl groups is 1. The van der Waals surface area contributed by atoms with E-state index in [2.05, 4.69) is 0 Å². The average molecular weight is 281 g/mol. The third kappa shape index (κ3) is 1.96. The van der Waals surface area contributed by atoms with Crippen LogP contribution >= 0.6 is 0 Å². The summed E-state index contributed by atoms with van der Waals surface area (Å²) in [4.78, 5) is 12.1. The highest BCUT2D eigenvalue weighted by Crippen LogP contribution is 2.37. The number of fused-ring (bicyclic) bond motifs is 1. The molecule has 0 saturated heterocycles. The van der Waals surface area contributed by atoms with Gasteiger partial charge in [0.1, 0.15) is 11.3 Å². The van der Waals surface area contributed by atoms with Crippen LogP contribution in [0.1, 0.15) is 11.1 Å². The first kappa shape index (κ1) is 13.2. The molecular formula is C17H15NO3. The van der Waals surface area contributed by atoms with Crippen LogP contribution in [0.5, 0.6) is 5.75 Å². The van der Waals surface area contributed by atoms with Crippen molar-refractivity contribution >= 4 is 16.7 Å². The minimum absolute atomic E-state index is 0.0477. The highest BCUT2D eigenvalue weighted by atomic mass is 16.4. The van der Waals surface area contributed by atoms with Gasteiger partial charge in [0.25, 0.3) is 0 Å². The summed E-state index contributed by atoms with van der Waals surface area (Å²) in [6, 6.07) is 11.2. The second kappa shape index (κ2) is 4.66. The first-order valence-electron chi connectivity index (χ1n) is 6.61. The van der Waals surface area contributed by atoms with Crippen LogP contribution in [0.25, 0.3) is 22.1 Å². The van der Waals surface area contributed by atoms with Crippen LogP contribution in [0.4, 0.5) is 5.69 Å². The van der Waals surface area contributed by atoms with E-state index in [0.29, 0.717) is 16.7 Å². The number of anilines is 1. The highest BCUT2D eigenvalue weighted by molar-refractivity contribution is 5.99. The van der Waals surface area contributed by atoms with Crippen molar-refractivity contribution in [2.45, 2.75) is 13.8 Å². The molecule has 106 valence electrons. The maximum Gasteiger partial charge on any atom is 0.339 e. The summed E-state index contributed by atoms with van der Waals surface area (Å²) in [6.45, 7) is 3.41. The molecule has 21 heavy (non-hydrogen) atoms. The first-order valence-corrected chi connectivity index (χ1v) is 6.61. The van der Waals surface area contributed by atoms with Gasteiger partial charge >= 0.3 is 5.63 Å². The summed E-state index contributed by atoms with van der Waals surface area (Å²) >= 11 is 0. The molecule has 1 heterocycles. The van der Waals surface area contributed by atoms with E-state index in [1.54, 1.807) is 19.9 Å². The third-order valence-electron chi connectivity index (χ3n) is 3.72. The second-order valence-electron chi connectivity index (χ2n) is 5.07. The Morgan fingerprint density at radius 2 is 1.76 bits per heavy atom. The van der Waals surface area contributed by atoms with Crippen LogP contribution in [0, 0.1) is 13.8 Å². The highest BCUT2D eigenvalue weighted by Gasteiger charge is 2.17. The van der Waals surface area contributed by atoms with Gasteiger partial charge in [-0.05, 0) is 25.5 Å². The molecule has 3 aromatic rings. The van der Waals surface area contributed by atoms with Crippen LogP contribution in [0.15, 0.2) is 45.6 Å². The summed E-state index contributed by atoms with van der Waals surface area (Å²) in [5, 5.41) is 10.7. The number of rotatable bonds is 1. The quantitative estimate of drug-likeness (QED) is 0.407. The number of phenols is 1. The predicted molar refractivity (Wildman–Crippen MR) is 83.5 cm³/mol. The monoisotopic (exact) mass is 281 g/mol. The zero-order chi connectivity index (χ0) is 15.1. The molecule has 0 fully saturated rings. The summed E-state index contributed by atoms with van der Waals surface area (Å²) in [6.07, 6.45) is 0. The van der Waals surface area contributed by atoms with Crippen molar-refractivity contribution < 1.29 is 9.52 Å². The van der Waals surface area contributed by atoms with E-state index < -0.39 is 5.63 Å². The molecule has 0 aliphatic heterocycles. The standard InChI is InChI=1S/C17H15NO3/c1-9-14(11-6-4-3-5-7-11)12-8-13(18)15(19)10(2)16(12)21-17(9)20/h3-8,19H,18H2,1-2H3. The van der Waals surface area contributed by atoms with Crippen LogP contribution in [0.3, 0.4) is 0 Å². The van der Waals surface area contributed by atoms with Crippen molar-refractivity contribution in [1.29, 1.82) is 0 Å². The predicted octanol–water partition coefficient (Wildman–Crippen LogP) is 3.36. The molecule has 4 heteroatoms. The minimum atomic E-state index is -0.409. The summed E-state index contributed by atoms with van der Waals surface area (Å²) in [7, 11) is 0. The fraction of sp³-hybridized carbons (Fsp3) is 0.118. The number of hydrogen-bond acceptors (Lipinski definition) is 4. The van der Waals surface area contributed by atoms with E-state index >= 15 is 0 Å². The topological polar surface area (TPSA) is 76.5 Å². The Morgan fingerprint density at radius 1 is 1.10 bits per heavy atom. The van der Waals surface area contributed by atoms with Crippen molar-refractivity contribution in [2.75, 3.05) is 5.73 Å². The Labute approximate surface area is 121 Å². The zero-order valence-corrected chi connectivity index (χ0v) is 11.8.